The Hall–Kier alpha value is -1.46. The summed E-state index contributed by atoms with van der Waals surface area (Å²) in [6.07, 6.45) is 0.931. The summed E-state index contributed by atoms with van der Waals surface area (Å²) < 4.78 is 5.17. The van der Waals surface area contributed by atoms with Gasteiger partial charge in [-0.3, -0.25) is 0 Å². The van der Waals surface area contributed by atoms with E-state index < -0.39 is 6.23 Å². The van der Waals surface area contributed by atoms with Gasteiger partial charge in [-0.2, -0.15) is 0 Å². The van der Waals surface area contributed by atoms with E-state index in [1.165, 1.54) is 0 Å². The topological polar surface area (TPSA) is 79.0 Å². The monoisotopic (exact) mass is 254 g/mol. The Balaban J connectivity index is 2.84. The molecule has 5 heteroatoms. The van der Waals surface area contributed by atoms with Crippen molar-refractivity contribution in [3.8, 4) is 5.75 Å². The second-order valence-electron chi connectivity index (χ2n) is 4.18. The number of aliphatic hydroxyl groups is 2. The summed E-state index contributed by atoms with van der Waals surface area (Å²) in [5.41, 5.74) is 7.19. The number of nitrogen functional groups attached to an aromatic ring is 1. The van der Waals surface area contributed by atoms with Crippen LogP contribution in [0.4, 0.5) is 11.4 Å². The first-order valence-electron chi connectivity index (χ1n) is 6.09. The molecule has 0 saturated carbocycles. The summed E-state index contributed by atoms with van der Waals surface area (Å²) in [5.74, 6) is 0.598. The van der Waals surface area contributed by atoms with Crippen molar-refractivity contribution < 1.29 is 14.9 Å². The van der Waals surface area contributed by atoms with Gasteiger partial charge >= 0.3 is 0 Å². The average molecular weight is 254 g/mol. The molecule has 1 aromatic carbocycles. The van der Waals surface area contributed by atoms with Crippen molar-refractivity contribution in [3.63, 3.8) is 0 Å². The van der Waals surface area contributed by atoms with Crippen LogP contribution in [0.1, 0.15) is 19.8 Å². The molecule has 0 aliphatic heterocycles. The maximum absolute atomic E-state index is 9.79. The van der Waals surface area contributed by atoms with Crippen LogP contribution in [0.15, 0.2) is 18.2 Å². The lowest BCUT2D eigenvalue weighted by atomic mass is 10.2. The maximum Gasteiger partial charge on any atom is 0.143 e. The van der Waals surface area contributed by atoms with Crippen LogP contribution in [0.5, 0.6) is 5.75 Å². The highest BCUT2D eigenvalue weighted by Gasteiger charge is 2.13. The highest BCUT2D eigenvalue weighted by Crippen LogP contribution is 2.28. The molecule has 1 unspecified atom stereocenters. The molecule has 4 N–H and O–H groups in total. The van der Waals surface area contributed by atoms with Crippen LogP contribution in [0.3, 0.4) is 0 Å². The average Bonchev–Trinajstić information content (AvgIpc) is 2.35. The maximum atomic E-state index is 9.79. The molecule has 5 nitrogen and oxygen atoms in total. The second kappa shape index (κ2) is 7.08. The highest BCUT2D eigenvalue weighted by molar-refractivity contribution is 5.62. The molecule has 18 heavy (non-hydrogen) atoms. The Morgan fingerprint density at radius 1 is 1.39 bits per heavy atom. The van der Waals surface area contributed by atoms with Gasteiger partial charge in [0.05, 0.1) is 12.8 Å². The Bertz CT molecular complexity index is 369. The standard InChI is InChI=1S/C13H22N2O3/c1-10(17)15(7-3-4-8-16)11-5-6-12(14)13(9-11)18-2/h5-6,9-10,16-17H,3-4,7-8,14H2,1-2H3. The number of unbranched alkanes of at least 4 members (excludes halogenated alkanes) is 1. The van der Waals surface area contributed by atoms with Crippen molar-refractivity contribution in [2.24, 2.45) is 0 Å². The van der Waals surface area contributed by atoms with Crippen LogP contribution in [0.2, 0.25) is 0 Å². The van der Waals surface area contributed by atoms with Crippen molar-refractivity contribution >= 4 is 11.4 Å². The molecule has 0 heterocycles. The van der Waals surface area contributed by atoms with E-state index in [4.69, 9.17) is 15.6 Å². The van der Waals surface area contributed by atoms with E-state index in [-0.39, 0.29) is 6.61 Å². The van der Waals surface area contributed by atoms with E-state index in [0.29, 0.717) is 18.0 Å². The molecule has 0 bridgehead atoms. The number of hydrogen-bond donors (Lipinski definition) is 3. The third kappa shape index (κ3) is 3.78. The zero-order valence-electron chi connectivity index (χ0n) is 11.0. The number of methoxy groups -OCH3 is 1. The third-order valence-electron chi connectivity index (χ3n) is 2.81. The largest absolute Gasteiger partial charge is 0.495 e. The van der Waals surface area contributed by atoms with Gasteiger partial charge in [0.25, 0.3) is 0 Å². The van der Waals surface area contributed by atoms with Gasteiger partial charge < -0.3 is 25.6 Å². The van der Waals surface area contributed by atoms with Gasteiger partial charge in [0.2, 0.25) is 0 Å². The number of benzene rings is 1. The Kier molecular flexibility index (Phi) is 5.74. The van der Waals surface area contributed by atoms with Gasteiger partial charge in [-0.15, -0.1) is 0 Å². The Morgan fingerprint density at radius 3 is 2.67 bits per heavy atom. The van der Waals surface area contributed by atoms with Gasteiger partial charge in [-0.1, -0.05) is 0 Å². The quantitative estimate of drug-likeness (QED) is 0.387. The lowest BCUT2D eigenvalue weighted by molar-refractivity contribution is 0.186. The number of ether oxygens (including phenoxy) is 1. The van der Waals surface area contributed by atoms with Gasteiger partial charge in [0.1, 0.15) is 12.0 Å². The molecule has 102 valence electrons. The van der Waals surface area contributed by atoms with Crippen LogP contribution in [0.25, 0.3) is 0 Å². The van der Waals surface area contributed by atoms with Crippen molar-refractivity contribution in [2.45, 2.75) is 26.0 Å². The van der Waals surface area contributed by atoms with E-state index in [1.54, 1.807) is 26.2 Å². The van der Waals surface area contributed by atoms with Crippen LogP contribution >= 0.6 is 0 Å². The summed E-state index contributed by atoms with van der Waals surface area (Å²) in [7, 11) is 1.56. The van der Waals surface area contributed by atoms with Gasteiger partial charge in [-0.25, -0.2) is 0 Å². The van der Waals surface area contributed by atoms with Gasteiger partial charge in [0, 0.05) is 24.9 Å². The summed E-state index contributed by atoms with van der Waals surface area (Å²) in [6.45, 7) is 2.55. The number of nitrogens with two attached hydrogens (primary N) is 1. The summed E-state index contributed by atoms with van der Waals surface area (Å²) in [4.78, 5) is 1.84. The lowest BCUT2D eigenvalue weighted by Gasteiger charge is -2.28. The van der Waals surface area contributed by atoms with E-state index in [2.05, 4.69) is 0 Å². The molecule has 0 saturated heterocycles. The van der Waals surface area contributed by atoms with Gasteiger partial charge in [-0.05, 0) is 31.9 Å². The fourth-order valence-electron chi connectivity index (χ4n) is 1.80. The fraction of sp³-hybridized carbons (Fsp3) is 0.538. The zero-order valence-corrected chi connectivity index (χ0v) is 11.0. The molecule has 0 aromatic heterocycles. The molecular formula is C13H22N2O3. The first-order valence-corrected chi connectivity index (χ1v) is 6.09. The summed E-state index contributed by atoms with van der Waals surface area (Å²) >= 11 is 0. The van der Waals surface area contributed by atoms with Crippen molar-refractivity contribution in [3.05, 3.63) is 18.2 Å². The SMILES string of the molecule is COc1cc(N(CCCCO)C(C)O)ccc1N. The van der Waals surface area contributed by atoms with Crippen molar-refractivity contribution in [1.29, 1.82) is 0 Å². The Labute approximate surface area is 108 Å². The smallest absolute Gasteiger partial charge is 0.143 e. The molecule has 0 radical (unpaired) electrons. The number of anilines is 2. The van der Waals surface area contributed by atoms with E-state index in [1.807, 2.05) is 11.0 Å². The van der Waals surface area contributed by atoms with Gasteiger partial charge in [0.15, 0.2) is 0 Å². The number of rotatable bonds is 7. The predicted octanol–water partition coefficient (Wildman–Crippen LogP) is 1.19. The molecule has 1 atom stereocenters. The second-order valence-corrected chi connectivity index (χ2v) is 4.18. The van der Waals surface area contributed by atoms with E-state index in [0.717, 1.165) is 18.5 Å². The fourth-order valence-corrected chi connectivity index (χ4v) is 1.80. The van der Waals surface area contributed by atoms with E-state index in [9.17, 15) is 5.11 Å². The molecule has 0 spiro atoms. The summed E-state index contributed by atoms with van der Waals surface area (Å²) in [5, 5.41) is 18.6. The Morgan fingerprint density at radius 2 is 2.11 bits per heavy atom. The zero-order chi connectivity index (χ0) is 13.5. The molecule has 0 aliphatic rings. The van der Waals surface area contributed by atoms with Crippen LogP contribution in [0, 0.1) is 0 Å². The van der Waals surface area contributed by atoms with Crippen LogP contribution in [-0.4, -0.2) is 36.7 Å². The molecule has 0 fully saturated rings. The lowest BCUT2D eigenvalue weighted by Crippen LogP contribution is -2.33. The van der Waals surface area contributed by atoms with Crippen LogP contribution < -0.4 is 15.4 Å². The minimum Gasteiger partial charge on any atom is -0.495 e. The number of nitrogens with zero attached hydrogens (tertiary/aromatic N) is 1. The predicted molar refractivity (Wildman–Crippen MR) is 72.8 cm³/mol. The van der Waals surface area contributed by atoms with Crippen molar-refractivity contribution in [1.82, 2.24) is 0 Å². The number of hydrogen-bond acceptors (Lipinski definition) is 5. The third-order valence-corrected chi connectivity index (χ3v) is 2.81. The molecule has 0 amide bonds. The first kappa shape index (κ1) is 14.6. The summed E-state index contributed by atoms with van der Waals surface area (Å²) in [6, 6.07) is 5.42. The molecular weight excluding hydrogens is 232 g/mol. The molecule has 0 aliphatic carbocycles. The van der Waals surface area contributed by atoms with Crippen molar-refractivity contribution in [2.75, 3.05) is 30.9 Å². The number of aliphatic hydroxyl groups excluding tert-OH is 2. The molecule has 1 aromatic rings. The minimum atomic E-state index is -0.600. The minimum absolute atomic E-state index is 0.165. The van der Waals surface area contributed by atoms with Crippen LogP contribution in [-0.2, 0) is 0 Å². The highest BCUT2D eigenvalue weighted by atomic mass is 16.5. The normalized spacial score (nSPS) is 12.2. The first-order chi connectivity index (χ1) is 8.60. The van der Waals surface area contributed by atoms with E-state index >= 15 is 0 Å². The molecule has 1 rings (SSSR count).